The van der Waals surface area contributed by atoms with Gasteiger partial charge in [-0.05, 0) is 103 Å². The molecule has 5 aliphatic heterocycles. The summed E-state index contributed by atoms with van der Waals surface area (Å²) in [6, 6.07) is -0.285. The Hall–Kier alpha value is -1.88. The van der Waals surface area contributed by atoms with Crippen LogP contribution in [0.1, 0.15) is 146 Å². The molecule has 0 saturated carbocycles. The predicted octanol–water partition coefficient (Wildman–Crippen LogP) is 7.20. The lowest BCUT2D eigenvalue weighted by Crippen LogP contribution is -2.65. The summed E-state index contributed by atoms with van der Waals surface area (Å²) < 4.78 is 34.7. The number of ether oxygens (including phenoxy) is 5. The third-order valence-corrected chi connectivity index (χ3v) is 15.3. The van der Waals surface area contributed by atoms with Gasteiger partial charge in [-0.2, -0.15) is 0 Å². The molecule has 5 rings (SSSR count). The molecule has 5 heterocycles. The Labute approximate surface area is 349 Å². The third-order valence-electron chi connectivity index (χ3n) is 15.3. The molecule has 0 aromatic carbocycles. The molecular formula is C47H77NO10. The maximum atomic E-state index is 14.6. The predicted molar refractivity (Wildman–Crippen MR) is 222 cm³/mol. The van der Waals surface area contributed by atoms with Crippen LogP contribution >= 0.6 is 0 Å². The highest BCUT2D eigenvalue weighted by Crippen LogP contribution is 2.54. The summed E-state index contributed by atoms with van der Waals surface area (Å²) >= 11 is 0. The van der Waals surface area contributed by atoms with Gasteiger partial charge in [-0.3, -0.25) is 9.59 Å². The van der Waals surface area contributed by atoms with Crippen molar-refractivity contribution in [3.63, 3.8) is 0 Å². The van der Waals surface area contributed by atoms with E-state index >= 15 is 0 Å². The topological polar surface area (TPSA) is 153 Å². The van der Waals surface area contributed by atoms with Crippen LogP contribution in [0.25, 0.3) is 0 Å². The first kappa shape index (κ1) is 47.2. The quantitative estimate of drug-likeness (QED) is 0.0711. The van der Waals surface area contributed by atoms with Gasteiger partial charge in [0.25, 0.3) is 0 Å². The van der Waals surface area contributed by atoms with Gasteiger partial charge < -0.3 is 44.3 Å². The van der Waals surface area contributed by atoms with Gasteiger partial charge in [0.2, 0.25) is 0 Å². The molecule has 5 aliphatic rings. The number of aliphatic hydroxyl groups is 2. The van der Waals surface area contributed by atoms with E-state index in [0.717, 1.165) is 19.3 Å². The number of hydrogen-bond acceptors (Lipinski definition) is 10. The van der Waals surface area contributed by atoms with E-state index < -0.39 is 64.8 Å². The minimum atomic E-state index is -1.16. The molecule has 11 nitrogen and oxygen atoms in total. The first-order valence-electron chi connectivity index (χ1n) is 22.8. The molecule has 4 saturated heterocycles. The summed E-state index contributed by atoms with van der Waals surface area (Å²) in [6.45, 7) is 20.7. The zero-order chi connectivity index (χ0) is 42.8. The van der Waals surface area contributed by atoms with Gasteiger partial charge in [0.1, 0.15) is 5.78 Å². The average molecular weight is 816 g/mol. The molecule has 18 atom stereocenters. The van der Waals surface area contributed by atoms with E-state index in [-0.39, 0.29) is 53.8 Å². The Balaban J connectivity index is 1.37. The fraction of sp³-hybridized carbons (Fsp3) is 0.872. The molecule has 58 heavy (non-hydrogen) atoms. The van der Waals surface area contributed by atoms with Gasteiger partial charge in [0, 0.05) is 36.5 Å². The number of aliphatic hydroxyl groups excluding tert-OH is 1. The summed E-state index contributed by atoms with van der Waals surface area (Å²) in [5, 5.41) is 36.5. The van der Waals surface area contributed by atoms with Crippen molar-refractivity contribution in [3.05, 3.63) is 12.2 Å². The molecule has 1 unspecified atom stereocenters. The van der Waals surface area contributed by atoms with E-state index in [1.54, 1.807) is 6.92 Å². The van der Waals surface area contributed by atoms with Gasteiger partial charge in [-0.25, -0.2) is 0 Å². The number of nitrogens with one attached hydrogen (secondary N) is 1. The largest absolute Gasteiger partial charge is 0.481 e. The zero-order valence-electron chi connectivity index (χ0n) is 37.2. The number of carboxylic acids is 1. The summed E-state index contributed by atoms with van der Waals surface area (Å²) in [6.07, 6.45) is 14.8. The standard InChI is InChI=1S/C47H77NO10/c1-12-16-17-26-48-37-20-23-46(58-47(37)25-24-44(11,57-47)38-21-22-45(53,15-4)33(10)54-38)30(7)27-29(6)42(56-46)35(14-3)40(50)31(8)39(49)32(9)41-28(5)18-19-36(55-41)34(13-2)43(51)52/h1,20,23,28-39,41-42,48-49,53H,13-19,21-22,24-27H2,2-11H3,(H,51,52)/t28-,29-,30+,31-,32-,33-,34+,35-,36+,37+,38+,39+,41+,42-,44-,45+,46?,47-/m0/s1. The van der Waals surface area contributed by atoms with E-state index in [9.17, 15) is 24.9 Å². The smallest absolute Gasteiger partial charge is 0.309 e. The average Bonchev–Trinajstić information content (AvgIpc) is 3.53. The van der Waals surface area contributed by atoms with Crippen LogP contribution in [0.5, 0.6) is 0 Å². The molecule has 0 radical (unpaired) electrons. The van der Waals surface area contributed by atoms with Crippen molar-refractivity contribution in [3.8, 4) is 12.3 Å². The van der Waals surface area contributed by atoms with Crippen molar-refractivity contribution in [2.75, 3.05) is 6.54 Å². The van der Waals surface area contributed by atoms with Crippen LogP contribution in [-0.4, -0.2) is 99.1 Å². The Morgan fingerprint density at radius 2 is 1.66 bits per heavy atom. The SMILES string of the molecule is C#CCCCN[C@@H]1C=CC2(O[C@H]([C@@H](CC)C(=O)[C@@H](C)[C@@H](O)[C@H](C)[C@@H]3O[C@@H]([C@@H](CC)C(=O)O)CC[C@@H]3C)[C@@H](C)C[C@H]2C)O[C@@]12CC[C@@](C)([C@H]1CC[C@](O)(CC)[C@H](C)O1)O2. The molecule has 4 N–H and O–H groups in total. The number of Topliss-reactive ketones (excluding diaryl/α,β-unsaturated/α-hetero) is 1. The van der Waals surface area contributed by atoms with Gasteiger partial charge in [-0.1, -0.05) is 61.5 Å². The molecule has 2 spiro atoms. The second kappa shape index (κ2) is 19.0. The van der Waals surface area contributed by atoms with E-state index in [1.165, 1.54) is 0 Å². The molecule has 4 fully saturated rings. The van der Waals surface area contributed by atoms with Gasteiger partial charge in [0.05, 0.1) is 59.8 Å². The first-order chi connectivity index (χ1) is 27.3. The molecule has 11 heteroatoms. The van der Waals surface area contributed by atoms with E-state index in [0.29, 0.717) is 64.3 Å². The number of carbonyl (C=O) groups is 2. The van der Waals surface area contributed by atoms with Crippen molar-refractivity contribution >= 4 is 11.8 Å². The summed E-state index contributed by atoms with van der Waals surface area (Å²) in [5.74, 6) is -2.51. The lowest BCUT2D eigenvalue weighted by atomic mass is 9.72. The minimum Gasteiger partial charge on any atom is -0.481 e. The fourth-order valence-electron chi connectivity index (χ4n) is 11.2. The molecule has 0 aliphatic carbocycles. The van der Waals surface area contributed by atoms with Crippen LogP contribution in [0, 0.1) is 53.8 Å². The Bertz CT molecular complexity index is 1480. The maximum absolute atomic E-state index is 14.6. The number of terminal acetylenes is 1. The Morgan fingerprint density at radius 1 is 0.948 bits per heavy atom. The van der Waals surface area contributed by atoms with Crippen LogP contribution in [0.15, 0.2) is 12.2 Å². The second-order valence-corrected chi connectivity index (χ2v) is 19.2. The normalized spacial score (nSPS) is 43.1. The van der Waals surface area contributed by atoms with E-state index in [1.807, 2.05) is 40.7 Å². The van der Waals surface area contributed by atoms with Crippen LogP contribution < -0.4 is 5.32 Å². The van der Waals surface area contributed by atoms with Crippen molar-refractivity contribution in [1.82, 2.24) is 5.32 Å². The number of carboxylic acid groups (broad SMARTS) is 1. The second-order valence-electron chi connectivity index (χ2n) is 19.2. The van der Waals surface area contributed by atoms with Crippen LogP contribution in [0.2, 0.25) is 0 Å². The highest BCUT2D eigenvalue weighted by atomic mass is 16.8. The Morgan fingerprint density at radius 3 is 2.28 bits per heavy atom. The van der Waals surface area contributed by atoms with Crippen molar-refractivity contribution < 1.29 is 48.6 Å². The van der Waals surface area contributed by atoms with Crippen LogP contribution in [-0.2, 0) is 33.3 Å². The third kappa shape index (κ3) is 9.30. The number of hydrogen-bond donors (Lipinski definition) is 4. The number of aliphatic carboxylic acids is 1. The lowest BCUT2D eigenvalue weighted by molar-refractivity contribution is -0.398. The van der Waals surface area contributed by atoms with Gasteiger partial charge in [0.15, 0.2) is 11.6 Å². The van der Waals surface area contributed by atoms with E-state index in [4.69, 9.17) is 30.1 Å². The first-order valence-corrected chi connectivity index (χ1v) is 22.8. The molecule has 0 aromatic rings. The maximum Gasteiger partial charge on any atom is 0.309 e. The molecule has 0 aromatic heterocycles. The zero-order valence-corrected chi connectivity index (χ0v) is 37.2. The highest BCUT2D eigenvalue weighted by molar-refractivity contribution is 5.84. The molecular weight excluding hydrogens is 739 g/mol. The molecule has 330 valence electrons. The molecule has 0 bridgehead atoms. The number of carbonyl (C=O) groups excluding carboxylic acids is 1. The van der Waals surface area contributed by atoms with Crippen molar-refractivity contribution in [2.24, 2.45) is 41.4 Å². The Kier molecular flexibility index (Phi) is 15.5. The van der Waals surface area contributed by atoms with Crippen molar-refractivity contribution in [1.29, 1.82) is 0 Å². The minimum absolute atomic E-state index is 0.0394. The number of unbranched alkanes of at least 4 members (excludes halogenated alkanes) is 1. The number of ketones is 1. The summed E-state index contributed by atoms with van der Waals surface area (Å²) in [7, 11) is 0. The van der Waals surface area contributed by atoms with Crippen molar-refractivity contribution in [2.45, 2.75) is 212 Å². The highest BCUT2D eigenvalue weighted by Gasteiger charge is 2.63. The summed E-state index contributed by atoms with van der Waals surface area (Å²) in [4.78, 5) is 26.6. The van der Waals surface area contributed by atoms with Crippen LogP contribution in [0.4, 0.5) is 0 Å². The summed E-state index contributed by atoms with van der Waals surface area (Å²) in [5.41, 5.74) is -1.53. The monoisotopic (exact) mass is 816 g/mol. The fourth-order valence-corrected chi connectivity index (χ4v) is 11.2. The lowest BCUT2D eigenvalue weighted by Gasteiger charge is -2.55. The molecule has 0 amide bonds. The van der Waals surface area contributed by atoms with E-state index in [2.05, 4.69) is 45.0 Å². The van der Waals surface area contributed by atoms with Gasteiger partial charge in [-0.15, -0.1) is 12.3 Å². The number of rotatable bonds is 16. The van der Waals surface area contributed by atoms with Crippen LogP contribution in [0.3, 0.4) is 0 Å². The van der Waals surface area contributed by atoms with Gasteiger partial charge >= 0.3 is 5.97 Å².